The zero-order chi connectivity index (χ0) is 18.7. The molecule has 8 heteroatoms. The summed E-state index contributed by atoms with van der Waals surface area (Å²) in [6.07, 6.45) is 3.90. The van der Waals surface area contributed by atoms with E-state index in [4.69, 9.17) is 4.74 Å². The second kappa shape index (κ2) is 7.48. The van der Waals surface area contributed by atoms with Crippen LogP contribution in [0.1, 0.15) is 31.2 Å². The SMILES string of the molecule is O=C1CCOC2(CCN(C(=O)NCc3cccc(-c4ncn[nH]4)c3)CC2)C1. The number of piperidine rings is 1. The summed E-state index contributed by atoms with van der Waals surface area (Å²) in [5.41, 5.74) is 1.57. The van der Waals surface area contributed by atoms with Crippen LogP contribution in [0.4, 0.5) is 4.79 Å². The predicted octanol–water partition coefficient (Wildman–Crippen LogP) is 1.90. The number of H-pyrrole nitrogens is 1. The summed E-state index contributed by atoms with van der Waals surface area (Å²) in [7, 11) is 0. The first-order chi connectivity index (χ1) is 13.1. The average molecular weight is 369 g/mol. The molecule has 0 bridgehead atoms. The summed E-state index contributed by atoms with van der Waals surface area (Å²) in [5, 5.41) is 9.67. The van der Waals surface area contributed by atoms with Crippen molar-refractivity contribution >= 4 is 11.8 Å². The zero-order valence-electron chi connectivity index (χ0n) is 15.1. The fraction of sp³-hybridized carbons (Fsp3) is 0.474. The van der Waals surface area contributed by atoms with Crippen LogP contribution in [0.5, 0.6) is 0 Å². The predicted molar refractivity (Wildman–Crippen MR) is 97.8 cm³/mol. The molecule has 2 aliphatic heterocycles. The van der Waals surface area contributed by atoms with Crippen molar-refractivity contribution < 1.29 is 14.3 Å². The van der Waals surface area contributed by atoms with Gasteiger partial charge in [-0.1, -0.05) is 18.2 Å². The van der Waals surface area contributed by atoms with Crippen LogP contribution in [-0.4, -0.2) is 57.2 Å². The fourth-order valence-corrected chi connectivity index (χ4v) is 3.78. The van der Waals surface area contributed by atoms with Gasteiger partial charge in [0.1, 0.15) is 12.1 Å². The van der Waals surface area contributed by atoms with Gasteiger partial charge in [0.25, 0.3) is 0 Å². The normalized spacial score (nSPS) is 19.3. The smallest absolute Gasteiger partial charge is 0.317 e. The van der Waals surface area contributed by atoms with E-state index in [2.05, 4.69) is 20.5 Å². The summed E-state index contributed by atoms with van der Waals surface area (Å²) < 4.78 is 5.89. The van der Waals surface area contributed by atoms with Crippen LogP contribution < -0.4 is 5.32 Å². The summed E-state index contributed by atoms with van der Waals surface area (Å²) in [5.74, 6) is 0.970. The van der Waals surface area contributed by atoms with Crippen LogP contribution in [0.25, 0.3) is 11.4 Å². The lowest BCUT2D eigenvalue weighted by Crippen LogP contribution is -2.52. The Morgan fingerprint density at radius 1 is 1.33 bits per heavy atom. The molecule has 2 aliphatic rings. The Bertz CT molecular complexity index is 813. The Balaban J connectivity index is 1.30. The third-order valence-corrected chi connectivity index (χ3v) is 5.33. The molecule has 2 aromatic rings. The van der Waals surface area contributed by atoms with Gasteiger partial charge >= 0.3 is 6.03 Å². The lowest BCUT2D eigenvalue weighted by Gasteiger charge is -2.43. The Hall–Kier alpha value is -2.74. The number of aromatic nitrogens is 3. The Labute approximate surface area is 157 Å². The van der Waals surface area contributed by atoms with Gasteiger partial charge in [0, 0.05) is 38.0 Å². The van der Waals surface area contributed by atoms with Gasteiger partial charge < -0.3 is 15.0 Å². The first-order valence-corrected chi connectivity index (χ1v) is 9.27. The topological polar surface area (TPSA) is 100 Å². The van der Waals surface area contributed by atoms with Gasteiger partial charge in [-0.3, -0.25) is 9.89 Å². The molecule has 1 spiro atoms. The molecular formula is C19H23N5O3. The van der Waals surface area contributed by atoms with Gasteiger partial charge in [-0.05, 0) is 24.5 Å². The number of carbonyl (C=O) groups is 2. The molecule has 2 N–H and O–H groups in total. The molecule has 1 aromatic heterocycles. The number of nitrogens with one attached hydrogen (secondary N) is 2. The molecule has 0 radical (unpaired) electrons. The average Bonchev–Trinajstić information content (AvgIpc) is 3.22. The van der Waals surface area contributed by atoms with Crippen LogP contribution in [0.15, 0.2) is 30.6 Å². The van der Waals surface area contributed by atoms with Crippen molar-refractivity contribution in [1.82, 2.24) is 25.4 Å². The van der Waals surface area contributed by atoms with Gasteiger partial charge in [-0.15, -0.1) is 0 Å². The lowest BCUT2D eigenvalue weighted by molar-refractivity contribution is -0.146. The molecule has 0 saturated carbocycles. The maximum Gasteiger partial charge on any atom is 0.317 e. The number of amides is 2. The van der Waals surface area contributed by atoms with E-state index in [0.29, 0.717) is 57.7 Å². The van der Waals surface area contributed by atoms with E-state index in [1.54, 1.807) is 4.90 Å². The van der Waals surface area contributed by atoms with Crippen LogP contribution in [0.2, 0.25) is 0 Å². The van der Waals surface area contributed by atoms with Gasteiger partial charge in [0.15, 0.2) is 5.82 Å². The summed E-state index contributed by atoms with van der Waals surface area (Å²) in [4.78, 5) is 30.2. The number of ether oxygens (including phenoxy) is 1. The number of urea groups is 1. The molecule has 4 rings (SSSR count). The van der Waals surface area contributed by atoms with Gasteiger partial charge in [-0.25, -0.2) is 9.78 Å². The van der Waals surface area contributed by atoms with Crippen LogP contribution in [-0.2, 0) is 16.1 Å². The van der Waals surface area contributed by atoms with Crippen LogP contribution >= 0.6 is 0 Å². The summed E-state index contributed by atoms with van der Waals surface area (Å²) in [6.45, 7) is 2.17. The maximum absolute atomic E-state index is 12.5. The second-order valence-corrected chi connectivity index (χ2v) is 7.18. The van der Waals surface area contributed by atoms with Crippen molar-refractivity contribution in [1.29, 1.82) is 0 Å². The second-order valence-electron chi connectivity index (χ2n) is 7.18. The highest BCUT2D eigenvalue weighted by Gasteiger charge is 2.40. The number of nitrogens with zero attached hydrogens (tertiary/aromatic N) is 3. The van der Waals surface area contributed by atoms with E-state index in [-0.39, 0.29) is 17.4 Å². The highest BCUT2D eigenvalue weighted by molar-refractivity contribution is 5.80. The number of Topliss-reactive ketones (excluding diaryl/α,β-unsaturated/α-hetero) is 1. The molecule has 142 valence electrons. The first kappa shape index (κ1) is 17.7. The number of likely N-dealkylation sites (tertiary alicyclic amines) is 1. The van der Waals surface area contributed by atoms with E-state index in [9.17, 15) is 9.59 Å². The lowest BCUT2D eigenvalue weighted by atomic mass is 9.84. The van der Waals surface area contributed by atoms with E-state index >= 15 is 0 Å². The molecular weight excluding hydrogens is 346 g/mol. The zero-order valence-corrected chi connectivity index (χ0v) is 15.1. The van der Waals surface area contributed by atoms with Crippen molar-refractivity contribution in [2.24, 2.45) is 0 Å². The van der Waals surface area contributed by atoms with E-state index < -0.39 is 0 Å². The third kappa shape index (κ3) is 4.00. The number of hydrogen-bond acceptors (Lipinski definition) is 5. The molecule has 27 heavy (non-hydrogen) atoms. The molecule has 2 fully saturated rings. The van der Waals surface area contributed by atoms with Gasteiger partial charge in [0.2, 0.25) is 0 Å². The van der Waals surface area contributed by atoms with Crippen molar-refractivity contribution in [3.05, 3.63) is 36.2 Å². The third-order valence-electron chi connectivity index (χ3n) is 5.33. The molecule has 0 atom stereocenters. The fourth-order valence-electron chi connectivity index (χ4n) is 3.78. The largest absolute Gasteiger partial charge is 0.374 e. The van der Waals surface area contributed by atoms with Gasteiger partial charge in [0.05, 0.1) is 12.2 Å². The molecule has 0 unspecified atom stereocenters. The number of hydrogen-bond donors (Lipinski definition) is 2. The number of aromatic amines is 1. The Kier molecular flexibility index (Phi) is 4.89. The molecule has 2 amide bonds. The van der Waals surface area contributed by atoms with Crippen molar-refractivity contribution in [2.75, 3.05) is 19.7 Å². The maximum atomic E-state index is 12.5. The highest BCUT2D eigenvalue weighted by atomic mass is 16.5. The number of carbonyl (C=O) groups excluding carboxylic acids is 2. The molecule has 3 heterocycles. The van der Waals surface area contributed by atoms with Crippen molar-refractivity contribution in [3.8, 4) is 11.4 Å². The van der Waals surface area contributed by atoms with E-state index in [1.165, 1.54) is 6.33 Å². The summed E-state index contributed by atoms with van der Waals surface area (Å²) in [6, 6.07) is 7.74. The standard InChI is InChI=1S/C19H23N5O3/c25-16-4-9-27-19(11-16)5-7-24(8-6-19)18(26)20-12-14-2-1-3-15(10-14)17-21-13-22-23-17/h1-3,10,13H,4-9,11-12H2,(H,20,26)(H,21,22,23). The molecule has 2 saturated heterocycles. The first-order valence-electron chi connectivity index (χ1n) is 9.27. The highest BCUT2D eigenvalue weighted by Crippen LogP contribution is 2.33. The minimum absolute atomic E-state index is 0.0861. The molecule has 1 aromatic carbocycles. The van der Waals surface area contributed by atoms with Crippen LogP contribution in [0.3, 0.4) is 0 Å². The number of ketones is 1. The number of benzene rings is 1. The summed E-state index contributed by atoms with van der Waals surface area (Å²) >= 11 is 0. The van der Waals surface area contributed by atoms with Crippen molar-refractivity contribution in [3.63, 3.8) is 0 Å². The van der Waals surface area contributed by atoms with E-state index in [1.807, 2.05) is 24.3 Å². The Morgan fingerprint density at radius 3 is 2.93 bits per heavy atom. The van der Waals surface area contributed by atoms with Gasteiger partial charge in [-0.2, -0.15) is 5.10 Å². The van der Waals surface area contributed by atoms with Crippen LogP contribution in [0, 0.1) is 0 Å². The van der Waals surface area contributed by atoms with Crippen molar-refractivity contribution in [2.45, 2.75) is 37.8 Å². The minimum atomic E-state index is -0.350. The Morgan fingerprint density at radius 2 is 2.19 bits per heavy atom. The quantitative estimate of drug-likeness (QED) is 0.861. The van der Waals surface area contributed by atoms with E-state index in [0.717, 1.165) is 11.1 Å². The minimum Gasteiger partial charge on any atom is -0.374 e. The molecule has 0 aliphatic carbocycles. The number of rotatable bonds is 3. The monoisotopic (exact) mass is 369 g/mol. The molecule has 8 nitrogen and oxygen atoms in total.